The number of alkyl carbamates (subject to hydrolysis) is 1. The zero-order valence-electron chi connectivity index (χ0n) is 10.7. The molecule has 0 bridgehead atoms. The van der Waals surface area contributed by atoms with E-state index in [9.17, 15) is 9.59 Å². The van der Waals surface area contributed by atoms with E-state index < -0.39 is 23.7 Å². The normalized spacial score (nSPS) is 14.9. The molecule has 0 aromatic heterocycles. The molecule has 0 saturated heterocycles. The highest BCUT2D eigenvalue weighted by Crippen LogP contribution is 2.09. The number of aliphatic carboxylic acids is 1. The number of hydrogen-bond acceptors (Lipinski definition) is 4. The Morgan fingerprint density at radius 2 is 1.88 bits per heavy atom. The number of amides is 1. The van der Waals surface area contributed by atoms with E-state index >= 15 is 0 Å². The smallest absolute Gasteiger partial charge is 0.408 e. The summed E-state index contributed by atoms with van der Waals surface area (Å²) in [6.45, 7) is 6.66. The second-order valence-electron chi connectivity index (χ2n) is 5.06. The average Bonchev–Trinajstić information content (AvgIpc) is 2.13. The van der Waals surface area contributed by atoms with Gasteiger partial charge in [0.15, 0.2) is 0 Å². The molecule has 1 amide bonds. The van der Waals surface area contributed by atoms with Crippen molar-refractivity contribution in [2.24, 2.45) is 5.92 Å². The molecule has 0 heterocycles. The lowest BCUT2D eigenvalue weighted by atomic mass is 10.0. The van der Waals surface area contributed by atoms with Gasteiger partial charge in [0.25, 0.3) is 0 Å². The van der Waals surface area contributed by atoms with Crippen molar-refractivity contribution in [2.45, 2.75) is 45.8 Å². The van der Waals surface area contributed by atoms with Crippen LogP contribution in [0, 0.1) is 5.92 Å². The maximum atomic E-state index is 11.4. The van der Waals surface area contributed by atoms with E-state index in [2.05, 4.69) is 5.32 Å². The summed E-state index contributed by atoms with van der Waals surface area (Å²) in [5.74, 6) is -1.35. The lowest BCUT2D eigenvalue weighted by molar-refractivity contribution is -0.140. The number of carbonyl (C=O) groups is 2. The van der Waals surface area contributed by atoms with Gasteiger partial charge in [0.1, 0.15) is 11.6 Å². The quantitative estimate of drug-likeness (QED) is 0.673. The second kappa shape index (κ2) is 6.44. The van der Waals surface area contributed by atoms with Crippen LogP contribution in [-0.4, -0.2) is 40.5 Å². The first kappa shape index (κ1) is 15.7. The Hall–Kier alpha value is -1.30. The van der Waals surface area contributed by atoms with Gasteiger partial charge in [-0.3, -0.25) is 0 Å². The number of carboxylic acid groups (broad SMARTS) is 1. The highest BCUT2D eigenvalue weighted by atomic mass is 16.6. The molecule has 0 fully saturated rings. The summed E-state index contributed by atoms with van der Waals surface area (Å²) in [4.78, 5) is 22.3. The molecule has 2 unspecified atom stereocenters. The van der Waals surface area contributed by atoms with Crippen LogP contribution < -0.4 is 5.32 Å². The Morgan fingerprint density at radius 3 is 2.24 bits per heavy atom. The van der Waals surface area contributed by atoms with Crippen LogP contribution in [0.25, 0.3) is 0 Å². The van der Waals surface area contributed by atoms with Gasteiger partial charge in [0, 0.05) is 6.61 Å². The Bertz CT molecular complexity index is 272. The molecule has 2 atom stereocenters. The summed E-state index contributed by atoms with van der Waals surface area (Å²) in [5, 5.41) is 20.0. The summed E-state index contributed by atoms with van der Waals surface area (Å²) in [6, 6.07) is -1.05. The van der Waals surface area contributed by atoms with Crippen molar-refractivity contribution in [1.29, 1.82) is 0 Å². The van der Waals surface area contributed by atoms with E-state index in [1.165, 1.54) is 0 Å². The van der Waals surface area contributed by atoms with E-state index in [1.807, 2.05) is 0 Å². The molecule has 100 valence electrons. The summed E-state index contributed by atoms with van der Waals surface area (Å²) >= 11 is 0. The summed E-state index contributed by atoms with van der Waals surface area (Å²) in [6.07, 6.45) is -0.611. The van der Waals surface area contributed by atoms with Gasteiger partial charge >= 0.3 is 12.1 Å². The molecular weight excluding hydrogens is 226 g/mol. The molecule has 3 N–H and O–H groups in total. The molecule has 6 nitrogen and oxygen atoms in total. The molecule has 0 aliphatic rings. The minimum Gasteiger partial charge on any atom is -0.480 e. The second-order valence-corrected chi connectivity index (χ2v) is 5.06. The first-order chi connectivity index (χ1) is 7.65. The van der Waals surface area contributed by atoms with Crippen LogP contribution >= 0.6 is 0 Å². The van der Waals surface area contributed by atoms with Crippen molar-refractivity contribution < 1.29 is 24.5 Å². The van der Waals surface area contributed by atoms with Crippen molar-refractivity contribution in [3.63, 3.8) is 0 Å². The summed E-state index contributed by atoms with van der Waals surface area (Å²) in [7, 11) is 0. The highest BCUT2D eigenvalue weighted by Gasteiger charge is 2.25. The first-order valence-corrected chi connectivity index (χ1v) is 5.49. The number of ether oxygens (including phenoxy) is 1. The van der Waals surface area contributed by atoms with E-state index in [0.29, 0.717) is 0 Å². The fraction of sp³-hybridized carbons (Fsp3) is 0.818. The monoisotopic (exact) mass is 247 g/mol. The molecule has 0 aliphatic heterocycles. The van der Waals surface area contributed by atoms with E-state index in [4.69, 9.17) is 14.9 Å². The molecule has 17 heavy (non-hydrogen) atoms. The lowest BCUT2D eigenvalue weighted by Crippen LogP contribution is -2.44. The number of aliphatic hydroxyl groups is 1. The maximum absolute atomic E-state index is 11.4. The van der Waals surface area contributed by atoms with Gasteiger partial charge in [-0.05, 0) is 33.1 Å². The van der Waals surface area contributed by atoms with Crippen molar-refractivity contribution in [2.75, 3.05) is 6.61 Å². The molecule has 0 spiro atoms. The van der Waals surface area contributed by atoms with E-state index in [1.54, 1.807) is 27.7 Å². The van der Waals surface area contributed by atoms with Gasteiger partial charge in [-0.1, -0.05) is 6.92 Å². The summed E-state index contributed by atoms with van der Waals surface area (Å²) in [5.41, 5.74) is -0.671. The molecule has 0 aliphatic carbocycles. The standard InChI is InChI=1S/C11H21NO5/c1-7(6-13)5-8(9(14)15)12-10(16)17-11(2,3)4/h7-8,13H,5-6H2,1-4H3,(H,12,16)(H,14,15). The van der Waals surface area contributed by atoms with Gasteiger partial charge in [0.2, 0.25) is 0 Å². The third-order valence-corrected chi connectivity index (χ3v) is 1.94. The van der Waals surface area contributed by atoms with E-state index in [0.717, 1.165) is 0 Å². The third-order valence-electron chi connectivity index (χ3n) is 1.94. The third kappa shape index (κ3) is 7.57. The van der Waals surface area contributed by atoms with Gasteiger partial charge in [-0.25, -0.2) is 9.59 Å². The minimum atomic E-state index is -1.14. The van der Waals surface area contributed by atoms with Crippen LogP contribution in [0.4, 0.5) is 4.79 Å². The molecule has 0 saturated carbocycles. The van der Waals surface area contributed by atoms with Crippen molar-refractivity contribution in [1.82, 2.24) is 5.32 Å². The molecular formula is C11H21NO5. The minimum absolute atomic E-state index is 0.125. The number of rotatable bonds is 5. The predicted octanol–water partition coefficient (Wildman–Crippen LogP) is 0.983. The first-order valence-electron chi connectivity index (χ1n) is 5.49. The van der Waals surface area contributed by atoms with Crippen LogP contribution in [0.5, 0.6) is 0 Å². The summed E-state index contributed by atoms with van der Waals surface area (Å²) < 4.78 is 4.96. The average molecular weight is 247 g/mol. The lowest BCUT2D eigenvalue weighted by Gasteiger charge is -2.22. The van der Waals surface area contributed by atoms with E-state index in [-0.39, 0.29) is 18.9 Å². The Kier molecular flexibility index (Phi) is 5.95. The molecule has 0 rings (SSSR count). The zero-order chi connectivity index (χ0) is 13.6. The Labute approximate surface area is 101 Å². The van der Waals surface area contributed by atoms with Crippen molar-refractivity contribution >= 4 is 12.1 Å². The van der Waals surface area contributed by atoms with Gasteiger partial charge in [0.05, 0.1) is 0 Å². The van der Waals surface area contributed by atoms with Gasteiger partial charge in [-0.15, -0.1) is 0 Å². The Balaban J connectivity index is 4.35. The number of carboxylic acids is 1. The van der Waals surface area contributed by atoms with Crippen LogP contribution in [0.1, 0.15) is 34.1 Å². The number of aliphatic hydroxyl groups excluding tert-OH is 1. The molecule has 0 radical (unpaired) electrons. The van der Waals surface area contributed by atoms with Crippen LogP contribution in [0.15, 0.2) is 0 Å². The highest BCUT2D eigenvalue weighted by molar-refractivity contribution is 5.79. The van der Waals surface area contributed by atoms with Crippen LogP contribution in [0.3, 0.4) is 0 Å². The van der Waals surface area contributed by atoms with Crippen LogP contribution in [-0.2, 0) is 9.53 Å². The SMILES string of the molecule is CC(CO)CC(NC(=O)OC(C)(C)C)C(=O)O. The van der Waals surface area contributed by atoms with Gasteiger partial charge < -0.3 is 20.3 Å². The number of carbonyl (C=O) groups excluding carboxylic acids is 1. The molecule has 0 aromatic rings. The Morgan fingerprint density at radius 1 is 1.35 bits per heavy atom. The van der Waals surface area contributed by atoms with Crippen molar-refractivity contribution in [3.8, 4) is 0 Å². The van der Waals surface area contributed by atoms with Gasteiger partial charge in [-0.2, -0.15) is 0 Å². The fourth-order valence-corrected chi connectivity index (χ4v) is 1.15. The maximum Gasteiger partial charge on any atom is 0.408 e. The largest absolute Gasteiger partial charge is 0.480 e. The molecule has 0 aromatic carbocycles. The topological polar surface area (TPSA) is 95.9 Å². The predicted molar refractivity (Wildman–Crippen MR) is 61.7 cm³/mol. The zero-order valence-corrected chi connectivity index (χ0v) is 10.7. The number of nitrogens with one attached hydrogen (secondary N) is 1. The molecule has 6 heteroatoms. The van der Waals surface area contributed by atoms with Crippen LogP contribution in [0.2, 0.25) is 0 Å². The number of hydrogen-bond donors (Lipinski definition) is 3. The fourth-order valence-electron chi connectivity index (χ4n) is 1.15. The van der Waals surface area contributed by atoms with Crippen molar-refractivity contribution in [3.05, 3.63) is 0 Å².